The van der Waals surface area contributed by atoms with E-state index < -0.39 is 0 Å². The van der Waals surface area contributed by atoms with Gasteiger partial charge in [0, 0.05) is 23.0 Å². The van der Waals surface area contributed by atoms with E-state index in [0.29, 0.717) is 40.7 Å². The summed E-state index contributed by atoms with van der Waals surface area (Å²) in [6, 6.07) is 14.5. The van der Waals surface area contributed by atoms with Gasteiger partial charge in [0.1, 0.15) is 5.75 Å². The molecule has 1 amide bonds. The number of amides is 1. The highest BCUT2D eigenvalue weighted by Gasteiger charge is 2.14. The van der Waals surface area contributed by atoms with E-state index in [-0.39, 0.29) is 5.91 Å². The molecule has 0 atom stereocenters. The molecule has 0 aliphatic heterocycles. The molecule has 2 aromatic heterocycles. The van der Waals surface area contributed by atoms with Crippen molar-refractivity contribution >= 4 is 38.8 Å². The van der Waals surface area contributed by atoms with Gasteiger partial charge in [-0.05, 0) is 77.8 Å². The molecule has 6 nitrogen and oxygen atoms in total. The molecule has 0 unspecified atom stereocenters. The molecule has 0 bridgehead atoms. The van der Waals surface area contributed by atoms with E-state index >= 15 is 0 Å². The summed E-state index contributed by atoms with van der Waals surface area (Å²) in [6.07, 6.45) is 1.67. The second-order valence-corrected chi connectivity index (χ2v) is 7.26. The fourth-order valence-electron chi connectivity index (χ4n) is 2.89. The van der Waals surface area contributed by atoms with Crippen molar-refractivity contribution in [3.63, 3.8) is 0 Å². The van der Waals surface area contributed by atoms with Crippen LogP contribution < -0.4 is 10.1 Å². The Morgan fingerprint density at radius 1 is 1.21 bits per heavy atom. The molecule has 146 valence electrons. The van der Waals surface area contributed by atoms with E-state index in [4.69, 9.17) is 9.15 Å². The molecule has 0 fully saturated rings. The predicted octanol–water partition coefficient (Wildman–Crippen LogP) is 5.61. The molecule has 0 aliphatic carbocycles. The lowest BCUT2D eigenvalue weighted by Crippen LogP contribution is -2.13. The smallest absolute Gasteiger partial charge is 0.255 e. The second kappa shape index (κ2) is 8.05. The minimum Gasteiger partial charge on any atom is -0.493 e. The van der Waals surface area contributed by atoms with Gasteiger partial charge in [-0.3, -0.25) is 4.79 Å². The van der Waals surface area contributed by atoms with Gasteiger partial charge in [0.25, 0.3) is 5.91 Å². The number of aromatic nitrogens is 2. The SMILES string of the molecule is CCOc1ccc(C(=O)Nc2cc(-c3nc4ncccc4o3)ccc2C)cc1Br. The number of carbonyl (C=O) groups excluding carboxylic acids is 1. The molecule has 0 saturated heterocycles. The van der Waals surface area contributed by atoms with Crippen molar-refractivity contribution in [1.29, 1.82) is 0 Å². The van der Waals surface area contributed by atoms with Gasteiger partial charge in [-0.15, -0.1) is 0 Å². The van der Waals surface area contributed by atoms with Gasteiger partial charge in [0.15, 0.2) is 11.2 Å². The summed E-state index contributed by atoms with van der Waals surface area (Å²) in [6.45, 7) is 4.40. The van der Waals surface area contributed by atoms with Crippen LogP contribution in [0.15, 0.2) is 63.6 Å². The van der Waals surface area contributed by atoms with Crippen LogP contribution in [-0.2, 0) is 0 Å². The maximum atomic E-state index is 12.8. The minimum atomic E-state index is -0.215. The minimum absolute atomic E-state index is 0.215. The molecule has 0 radical (unpaired) electrons. The second-order valence-electron chi connectivity index (χ2n) is 6.41. The number of aryl methyl sites for hydroxylation is 1. The predicted molar refractivity (Wildman–Crippen MR) is 115 cm³/mol. The first-order valence-electron chi connectivity index (χ1n) is 9.11. The largest absolute Gasteiger partial charge is 0.493 e. The topological polar surface area (TPSA) is 77.2 Å². The number of ether oxygens (including phenoxy) is 1. The van der Waals surface area contributed by atoms with Crippen molar-refractivity contribution < 1.29 is 13.9 Å². The fourth-order valence-corrected chi connectivity index (χ4v) is 3.38. The summed E-state index contributed by atoms with van der Waals surface area (Å²) in [7, 11) is 0. The van der Waals surface area contributed by atoms with Gasteiger partial charge in [-0.1, -0.05) is 6.07 Å². The van der Waals surface area contributed by atoms with Crippen molar-refractivity contribution in [3.8, 4) is 17.2 Å². The van der Waals surface area contributed by atoms with Crippen LogP contribution in [0.3, 0.4) is 0 Å². The molecular formula is C22H18BrN3O3. The van der Waals surface area contributed by atoms with Crippen LogP contribution in [0.4, 0.5) is 5.69 Å². The lowest BCUT2D eigenvalue weighted by Gasteiger charge is -2.11. The van der Waals surface area contributed by atoms with Gasteiger partial charge in [-0.25, -0.2) is 4.98 Å². The maximum absolute atomic E-state index is 12.8. The third-order valence-corrected chi connectivity index (χ3v) is 5.01. The lowest BCUT2D eigenvalue weighted by atomic mass is 10.1. The van der Waals surface area contributed by atoms with Crippen LogP contribution in [0.1, 0.15) is 22.8 Å². The van der Waals surface area contributed by atoms with E-state index in [2.05, 4.69) is 31.2 Å². The van der Waals surface area contributed by atoms with E-state index in [9.17, 15) is 4.79 Å². The number of rotatable bonds is 5. The van der Waals surface area contributed by atoms with Gasteiger partial charge in [0.2, 0.25) is 5.89 Å². The molecule has 29 heavy (non-hydrogen) atoms. The zero-order chi connectivity index (χ0) is 20.4. The number of pyridine rings is 1. The highest BCUT2D eigenvalue weighted by Crippen LogP contribution is 2.29. The Hall–Kier alpha value is -3.19. The summed E-state index contributed by atoms with van der Waals surface area (Å²) in [5.41, 5.74) is 4.07. The van der Waals surface area contributed by atoms with Gasteiger partial charge in [0.05, 0.1) is 11.1 Å². The number of hydrogen-bond acceptors (Lipinski definition) is 5. The average molecular weight is 452 g/mol. The number of hydrogen-bond donors (Lipinski definition) is 1. The number of carbonyl (C=O) groups is 1. The standard InChI is InChI=1S/C22H18BrN3O3/c1-3-28-18-9-8-14(11-16(18)23)21(27)25-17-12-15(7-6-13(17)2)22-26-20-19(29-22)5-4-10-24-20/h4-12H,3H2,1-2H3,(H,25,27). The zero-order valence-corrected chi connectivity index (χ0v) is 17.5. The fraction of sp³-hybridized carbons (Fsp3) is 0.136. The van der Waals surface area contributed by atoms with Crippen LogP contribution in [0, 0.1) is 6.92 Å². The highest BCUT2D eigenvalue weighted by atomic mass is 79.9. The molecule has 4 aromatic rings. The highest BCUT2D eigenvalue weighted by molar-refractivity contribution is 9.10. The Balaban J connectivity index is 1.61. The maximum Gasteiger partial charge on any atom is 0.255 e. The van der Waals surface area contributed by atoms with Gasteiger partial charge < -0.3 is 14.5 Å². The van der Waals surface area contributed by atoms with Crippen molar-refractivity contribution in [2.45, 2.75) is 13.8 Å². The number of benzene rings is 2. The molecule has 2 aromatic carbocycles. The molecule has 0 spiro atoms. The Morgan fingerprint density at radius 2 is 2.07 bits per heavy atom. The molecule has 0 aliphatic rings. The summed E-state index contributed by atoms with van der Waals surface area (Å²) in [5, 5.41) is 2.96. The quantitative estimate of drug-likeness (QED) is 0.426. The van der Waals surface area contributed by atoms with Crippen LogP contribution >= 0.6 is 15.9 Å². The molecule has 0 saturated carbocycles. The van der Waals surface area contributed by atoms with Crippen LogP contribution in [0.5, 0.6) is 5.75 Å². The Labute approximate surface area is 176 Å². The molecule has 7 heteroatoms. The number of fused-ring (bicyclic) bond motifs is 1. The third kappa shape index (κ3) is 4.00. The van der Waals surface area contributed by atoms with Crippen molar-refractivity contribution in [1.82, 2.24) is 9.97 Å². The zero-order valence-electron chi connectivity index (χ0n) is 15.9. The van der Waals surface area contributed by atoms with Crippen molar-refractivity contribution in [3.05, 3.63) is 70.3 Å². The monoisotopic (exact) mass is 451 g/mol. The Bertz CT molecular complexity index is 1170. The summed E-state index contributed by atoms with van der Waals surface area (Å²) in [4.78, 5) is 21.4. The van der Waals surface area contributed by atoms with E-state index in [1.165, 1.54) is 0 Å². The van der Waals surface area contributed by atoms with Crippen molar-refractivity contribution in [2.75, 3.05) is 11.9 Å². The van der Waals surface area contributed by atoms with Crippen LogP contribution in [0.25, 0.3) is 22.7 Å². The molecule has 1 N–H and O–H groups in total. The number of halogens is 1. The van der Waals surface area contributed by atoms with E-state index in [1.54, 1.807) is 30.5 Å². The van der Waals surface area contributed by atoms with Crippen molar-refractivity contribution in [2.24, 2.45) is 0 Å². The summed E-state index contributed by atoms with van der Waals surface area (Å²) >= 11 is 3.44. The number of anilines is 1. The molecular weight excluding hydrogens is 434 g/mol. The van der Waals surface area contributed by atoms with E-state index in [0.717, 1.165) is 15.6 Å². The Kier molecular flexibility index (Phi) is 5.31. The number of nitrogens with zero attached hydrogens (tertiary/aromatic N) is 2. The first-order chi connectivity index (χ1) is 14.0. The first kappa shape index (κ1) is 19.1. The molecule has 4 rings (SSSR count). The average Bonchev–Trinajstić information content (AvgIpc) is 3.15. The van der Waals surface area contributed by atoms with Gasteiger partial charge >= 0.3 is 0 Å². The lowest BCUT2D eigenvalue weighted by molar-refractivity contribution is 0.102. The normalized spacial score (nSPS) is 10.9. The van der Waals surface area contributed by atoms with Gasteiger partial charge in [-0.2, -0.15) is 4.98 Å². The number of oxazole rings is 1. The summed E-state index contributed by atoms with van der Waals surface area (Å²) < 4.78 is 12.0. The van der Waals surface area contributed by atoms with Crippen LogP contribution in [-0.4, -0.2) is 22.5 Å². The number of nitrogens with one attached hydrogen (secondary N) is 1. The van der Waals surface area contributed by atoms with E-state index in [1.807, 2.05) is 38.1 Å². The molecule has 2 heterocycles. The Morgan fingerprint density at radius 3 is 2.83 bits per heavy atom. The third-order valence-electron chi connectivity index (χ3n) is 4.39. The first-order valence-corrected chi connectivity index (χ1v) is 9.90. The summed E-state index contributed by atoms with van der Waals surface area (Å²) in [5.74, 6) is 0.943. The van der Waals surface area contributed by atoms with Crippen LogP contribution in [0.2, 0.25) is 0 Å².